The van der Waals surface area contributed by atoms with Gasteiger partial charge in [0.1, 0.15) is 12.4 Å². The van der Waals surface area contributed by atoms with Crippen molar-refractivity contribution in [1.82, 2.24) is 5.32 Å². The van der Waals surface area contributed by atoms with E-state index in [1.54, 1.807) is 12.1 Å². The van der Waals surface area contributed by atoms with Gasteiger partial charge < -0.3 is 15.8 Å². The summed E-state index contributed by atoms with van der Waals surface area (Å²) < 4.78 is 5.79. The average Bonchev–Trinajstić information content (AvgIpc) is 2.58. The Morgan fingerprint density at radius 3 is 2.50 bits per heavy atom. The first-order valence-electron chi connectivity index (χ1n) is 7.65. The summed E-state index contributed by atoms with van der Waals surface area (Å²) in [6.07, 6.45) is 1.77. The smallest absolute Gasteiger partial charge is 0.255 e. The third-order valence-electron chi connectivity index (χ3n) is 3.36. The predicted molar refractivity (Wildman–Crippen MR) is 100 cm³/mol. The molecule has 0 fully saturated rings. The van der Waals surface area contributed by atoms with Gasteiger partial charge >= 0.3 is 0 Å². The van der Waals surface area contributed by atoms with Gasteiger partial charge in [-0.3, -0.25) is 4.79 Å². The summed E-state index contributed by atoms with van der Waals surface area (Å²) >= 11 is 5.86. The van der Waals surface area contributed by atoms with Crippen LogP contribution in [0, 0.1) is 0 Å². The summed E-state index contributed by atoms with van der Waals surface area (Å²) in [4.78, 5) is 12.2. The Morgan fingerprint density at radius 1 is 1.08 bits per heavy atom. The Kier molecular flexibility index (Phi) is 9.23. The van der Waals surface area contributed by atoms with E-state index in [1.807, 2.05) is 36.4 Å². The van der Waals surface area contributed by atoms with Crippen LogP contribution in [0.1, 0.15) is 28.8 Å². The fourth-order valence-electron chi connectivity index (χ4n) is 2.09. The number of rotatable bonds is 8. The summed E-state index contributed by atoms with van der Waals surface area (Å²) in [7, 11) is 0. The van der Waals surface area contributed by atoms with Crippen LogP contribution >= 0.6 is 24.0 Å². The second-order valence-electron chi connectivity index (χ2n) is 5.16. The molecule has 0 aromatic heterocycles. The van der Waals surface area contributed by atoms with Crippen LogP contribution < -0.4 is 15.8 Å². The zero-order valence-corrected chi connectivity index (χ0v) is 14.9. The summed E-state index contributed by atoms with van der Waals surface area (Å²) in [5.74, 6) is 0.438. The standard InChI is InChI=1S/C18H21ClN2O2.ClH/c19-15-9-7-14(8-10-15)13-23-17-6-2-1-5-16(17)18(22)21-12-4-3-11-20;/h1-2,5-10H,3-4,11-13,20H2,(H,21,22);1H. The number of amides is 1. The summed E-state index contributed by atoms with van der Waals surface area (Å²) in [6, 6.07) is 14.7. The fourth-order valence-corrected chi connectivity index (χ4v) is 2.21. The Bertz CT molecular complexity index is 633. The van der Waals surface area contributed by atoms with Crippen molar-refractivity contribution >= 4 is 29.9 Å². The summed E-state index contributed by atoms with van der Waals surface area (Å²) in [5.41, 5.74) is 6.97. The van der Waals surface area contributed by atoms with Crippen LogP contribution in [0.25, 0.3) is 0 Å². The highest BCUT2D eigenvalue weighted by atomic mass is 35.5. The minimum atomic E-state index is -0.131. The largest absolute Gasteiger partial charge is 0.488 e. The number of unbranched alkanes of at least 4 members (excludes halogenated alkanes) is 1. The van der Waals surface area contributed by atoms with E-state index >= 15 is 0 Å². The van der Waals surface area contributed by atoms with Crippen LogP contribution in [0.4, 0.5) is 0 Å². The molecule has 0 saturated heterocycles. The van der Waals surface area contributed by atoms with Gasteiger partial charge in [0.05, 0.1) is 5.56 Å². The number of carbonyl (C=O) groups excluding carboxylic acids is 1. The lowest BCUT2D eigenvalue weighted by Crippen LogP contribution is -2.25. The number of carbonyl (C=O) groups is 1. The number of ether oxygens (including phenoxy) is 1. The van der Waals surface area contributed by atoms with Crippen LogP contribution in [0.3, 0.4) is 0 Å². The molecule has 0 radical (unpaired) electrons. The maximum atomic E-state index is 12.2. The van der Waals surface area contributed by atoms with Gasteiger partial charge in [-0.25, -0.2) is 0 Å². The molecule has 2 rings (SSSR count). The molecule has 0 saturated carbocycles. The molecule has 0 spiro atoms. The number of hydrogen-bond acceptors (Lipinski definition) is 3. The van der Waals surface area contributed by atoms with E-state index in [-0.39, 0.29) is 18.3 Å². The number of nitrogens with one attached hydrogen (secondary N) is 1. The Morgan fingerprint density at radius 2 is 1.79 bits per heavy atom. The second kappa shape index (κ2) is 10.9. The molecule has 1 amide bonds. The van der Waals surface area contributed by atoms with Crippen LogP contribution in [-0.4, -0.2) is 19.0 Å². The van der Waals surface area contributed by atoms with Crippen molar-refractivity contribution in [2.24, 2.45) is 5.73 Å². The number of nitrogens with two attached hydrogens (primary N) is 1. The molecule has 0 unspecified atom stereocenters. The number of hydrogen-bond donors (Lipinski definition) is 2. The third kappa shape index (κ3) is 6.40. The predicted octanol–water partition coefficient (Wildman–Crippen LogP) is 3.81. The van der Waals surface area contributed by atoms with E-state index in [1.165, 1.54) is 0 Å². The minimum Gasteiger partial charge on any atom is -0.488 e. The first kappa shape index (κ1) is 20.3. The lowest BCUT2D eigenvalue weighted by atomic mass is 10.1. The molecular formula is C18H22Cl2N2O2. The van der Waals surface area contributed by atoms with Crippen molar-refractivity contribution in [2.75, 3.05) is 13.1 Å². The van der Waals surface area contributed by atoms with Crippen molar-refractivity contribution < 1.29 is 9.53 Å². The van der Waals surface area contributed by atoms with Gasteiger partial charge in [0, 0.05) is 11.6 Å². The lowest BCUT2D eigenvalue weighted by Gasteiger charge is -2.12. The van der Waals surface area contributed by atoms with Crippen LogP contribution in [0.2, 0.25) is 5.02 Å². The van der Waals surface area contributed by atoms with E-state index in [0.717, 1.165) is 18.4 Å². The molecule has 130 valence electrons. The molecule has 2 aromatic rings. The van der Waals surface area contributed by atoms with Gasteiger partial charge in [0.2, 0.25) is 0 Å². The van der Waals surface area contributed by atoms with Gasteiger partial charge in [-0.15, -0.1) is 12.4 Å². The van der Waals surface area contributed by atoms with Gasteiger partial charge in [-0.1, -0.05) is 35.9 Å². The van der Waals surface area contributed by atoms with E-state index in [0.29, 0.717) is 36.0 Å². The molecular weight excluding hydrogens is 347 g/mol. The molecule has 0 aliphatic carbocycles. The molecule has 0 heterocycles. The normalized spacial score (nSPS) is 9.92. The molecule has 0 aliphatic rings. The molecule has 0 aliphatic heterocycles. The highest BCUT2D eigenvalue weighted by molar-refractivity contribution is 6.30. The maximum Gasteiger partial charge on any atom is 0.255 e. The van der Waals surface area contributed by atoms with E-state index in [4.69, 9.17) is 22.1 Å². The van der Waals surface area contributed by atoms with Crippen molar-refractivity contribution in [3.63, 3.8) is 0 Å². The van der Waals surface area contributed by atoms with Crippen LogP contribution in [0.5, 0.6) is 5.75 Å². The fraction of sp³-hybridized carbons (Fsp3) is 0.278. The minimum absolute atomic E-state index is 0. The number of para-hydroxylation sites is 1. The molecule has 6 heteroatoms. The molecule has 3 N–H and O–H groups in total. The summed E-state index contributed by atoms with van der Waals surface area (Å²) in [6.45, 7) is 1.63. The van der Waals surface area contributed by atoms with Crippen molar-refractivity contribution in [2.45, 2.75) is 19.4 Å². The monoisotopic (exact) mass is 368 g/mol. The topological polar surface area (TPSA) is 64.3 Å². The Hall–Kier alpha value is -1.75. The molecule has 24 heavy (non-hydrogen) atoms. The Labute approximate surface area is 153 Å². The number of benzene rings is 2. The van der Waals surface area contributed by atoms with Crippen molar-refractivity contribution in [3.05, 3.63) is 64.7 Å². The molecule has 4 nitrogen and oxygen atoms in total. The molecule has 2 aromatic carbocycles. The lowest BCUT2D eigenvalue weighted by molar-refractivity contribution is 0.0948. The van der Waals surface area contributed by atoms with Gasteiger partial charge in [0.25, 0.3) is 5.91 Å². The molecule has 0 bridgehead atoms. The maximum absolute atomic E-state index is 12.2. The quantitative estimate of drug-likeness (QED) is 0.696. The van der Waals surface area contributed by atoms with Gasteiger partial charge in [-0.05, 0) is 49.2 Å². The van der Waals surface area contributed by atoms with Crippen molar-refractivity contribution in [3.8, 4) is 5.75 Å². The Balaban J connectivity index is 0.00000288. The highest BCUT2D eigenvalue weighted by Crippen LogP contribution is 2.20. The second-order valence-corrected chi connectivity index (χ2v) is 5.60. The first-order chi connectivity index (χ1) is 11.2. The zero-order chi connectivity index (χ0) is 16.5. The van der Waals surface area contributed by atoms with Crippen LogP contribution in [0.15, 0.2) is 48.5 Å². The van der Waals surface area contributed by atoms with Gasteiger partial charge in [0.15, 0.2) is 0 Å². The number of halogens is 2. The SMILES string of the molecule is Cl.NCCCCNC(=O)c1ccccc1OCc1ccc(Cl)cc1. The zero-order valence-electron chi connectivity index (χ0n) is 13.3. The third-order valence-corrected chi connectivity index (χ3v) is 3.61. The van der Waals surface area contributed by atoms with Crippen LogP contribution in [-0.2, 0) is 6.61 Å². The molecule has 0 atom stereocenters. The van der Waals surface area contributed by atoms with E-state index < -0.39 is 0 Å². The first-order valence-corrected chi connectivity index (χ1v) is 8.03. The van der Waals surface area contributed by atoms with E-state index in [2.05, 4.69) is 5.32 Å². The average molecular weight is 369 g/mol. The summed E-state index contributed by atoms with van der Waals surface area (Å²) in [5, 5.41) is 3.57. The van der Waals surface area contributed by atoms with Gasteiger partial charge in [-0.2, -0.15) is 0 Å². The highest BCUT2D eigenvalue weighted by Gasteiger charge is 2.11. The van der Waals surface area contributed by atoms with E-state index in [9.17, 15) is 4.79 Å². The van der Waals surface area contributed by atoms with Crippen molar-refractivity contribution in [1.29, 1.82) is 0 Å².